The molecule has 4 rings (SSSR count). The molecule has 2 saturated heterocycles. The molecule has 2 fully saturated rings. The van der Waals surface area contributed by atoms with Crippen LogP contribution in [0.5, 0.6) is 5.75 Å². The van der Waals surface area contributed by atoms with Gasteiger partial charge in [0.15, 0.2) is 6.10 Å². The van der Waals surface area contributed by atoms with Crippen molar-refractivity contribution in [2.24, 2.45) is 0 Å². The second-order valence-electron chi connectivity index (χ2n) is 6.71. The molecule has 1 N–H and O–H groups in total. The van der Waals surface area contributed by atoms with Crippen LogP contribution < -0.4 is 15.7 Å². The highest BCUT2D eigenvalue weighted by Crippen LogP contribution is 2.34. The van der Waals surface area contributed by atoms with Gasteiger partial charge in [0.05, 0.1) is 0 Å². The summed E-state index contributed by atoms with van der Waals surface area (Å²) in [4.78, 5) is 45.8. The van der Waals surface area contributed by atoms with Gasteiger partial charge >= 0.3 is 17.8 Å². The Morgan fingerprint density at radius 2 is 1.87 bits per heavy atom. The van der Waals surface area contributed by atoms with Gasteiger partial charge < -0.3 is 33.4 Å². The van der Waals surface area contributed by atoms with Crippen molar-refractivity contribution in [2.45, 2.75) is 38.4 Å². The maximum Gasteiger partial charge on any atom is 0.509 e. The quantitative estimate of drug-likeness (QED) is 0.557. The van der Waals surface area contributed by atoms with Gasteiger partial charge in [-0.05, 0) is 18.2 Å². The van der Waals surface area contributed by atoms with Crippen LogP contribution >= 0.6 is 0 Å². The van der Waals surface area contributed by atoms with E-state index in [0.717, 1.165) is 0 Å². The minimum absolute atomic E-state index is 0.0222. The monoisotopic (exact) mass is 419 g/mol. The molecule has 0 saturated carbocycles. The number of rotatable bonds is 5. The number of carbonyl (C=O) groups is 3. The van der Waals surface area contributed by atoms with E-state index in [1.165, 1.54) is 26.0 Å². The second kappa shape index (κ2) is 7.67. The Labute approximate surface area is 168 Å². The van der Waals surface area contributed by atoms with Crippen molar-refractivity contribution in [1.29, 1.82) is 0 Å². The number of esters is 1. The smallest absolute Gasteiger partial charge is 0.463 e. The number of hydrogen-bond donors (Lipinski definition) is 1. The minimum atomic E-state index is -1.02. The highest BCUT2D eigenvalue weighted by Gasteiger charge is 2.56. The van der Waals surface area contributed by atoms with E-state index in [4.69, 9.17) is 28.1 Å². The van der Waals surface area contributed by atoms with E-state index < -0.39 is 48.3 Å². The van der Waals surface area contributed by atoms with Crippen LogP contribution in [-0.4, -0.2) is 49.2 Å². The van der Waals surface area contributed by atoms with Crippen LogP contribution in [0.25, 0.3) is 11.0 Å². The molecule has 1 unspecified atom stereocenters. The van der Waals surface area contributed by atoms with E-state index in [9.17, 15) is 19.2 Å². The summed E-state index contributed by atoms with van der Waals surface area (Å²) in [5.74, 6) is -0.628. The lowest BCUT2D eigenvalue weighted by Gasteiger charge is -2.18. The molecule has 0 radical (unpaired) electrons. The summed E-state index contributed by atoms with van der Waals surface area (Å²) >= 11 is 0. The zero-order chi connectivity index (χ0) is 21.4. The van der Waals surface area contributed by atoms with Gasteiger partial charge in [0.1, 0.15) is 29.7 Å². The first-order chi connectivity index (χ1) is 14.3. The van der Waals surface area contributed by atoms with Crippen LogP contribution in [0.3, 0.4) is 0 Å². The molecule has 1 amide bonds. The maximum atomic E-state index is 12.0. The summed E-state index contributed by atoms with van der Waals surface area (Å²) in [6, 6.07) is 6.16. The molecule has 4 atom stereocenters. The zero-order valence-electron chi connectivity index (χ0n) is 15.9. The van der Waals surface area contributed by atoms with E-state index in [1.54, 1.807) is 12.1 Å². The Morgan fingerprint density at radius 1 is 1.10 bits per heavy atom. The predicted molar refractivity (Wildman–Crippen MR) is 97.9 cm³/mol. The summed E-state index contributed by atoms with van der Waals surface area (Å²) in [6.45, 7) is 2.40. The predicted octanol–water partition coefficient (Wildman–Crippen LogP) is 1.32. The Bertz CT molecular complexity index is 1080. The fraction of sp³-hybridized carbons (Fsp3) is 0.368. The number of carbonyl (C=O) groups excluding carboxylic acids is 3. The molecule has 11 nitrogen and oxygen atoms in total. The Hall–Kier alpha value is -3.60. The molecule has 0 aliphatic carbocycles. The molecule has 0 bridgehead atoms. The molecular weight excluding hydrogens is 402 g/mol. The summed E-state index contributed by atoms with van der Waals surface area (Å²) in [5, 5.41) is 2.95. The number of benzene rings is 1. The molecule has 1 aromatic heterocycles. The molecule has 2 aliphatic rings. The highest BCUT2D eigenvalue weighted by atomic mass is 16.8. The number of fused-ring (bicyclic) bond motifs is 2. The van der Waals surface area contributed by atoms with Crippen LogP contribution in [0.2, 0.25) is 0 Å². The lowest BCUT2D eigenvalue weighted by molar-refractivity contribution is -0.154. The van der Waals surface area contributed by atoms with Crippen molar-refractivity contribution in [3.05, 3.63) is 34.7 Å². The zero-order valence-corrected chi connectivity index (χ0v) is 15.9. The average Bonchev–Trinajstić information content (AvgIpc) is 3.19. The Morgan fingerprint density at radius 3 is 2.60 bits per heavy atom. The number of nitrogens with one attached hydrogen (secondary N) is 1. The van der Waals surface area contributed by atoms with Crippen molar-refractivity contribution in [2.75, 3.05) is 11.9 Å². The number of anilines is 1. The van der Waals surface area contributed by atoms with Gasteiger partial charge in [-0.15, -0.1) is 0 Å². The van der Waals surface area contributed by atoms with Crippen LogP contribution in [0.15, 0.2) is 33.5 Å². The third-order valence-electron chi connectivity index (χ3n) is 4.45. The third kappa shape index (κ3) is 3.92. The van der Waals surface area contributed by atoms with Gasteiger partial charge in [0.2, 0.25) is 18.3 Å². The van der Waals surface area contributed by atoms with Crippen molar-refractivity contribution in [3.63, 3.8) is 0 Å². The van der Waals surface area contributed by atoms with Gasteiger partial charge in [0, 0.05) is 25.3 Å². The van der Waals surface area contributed by atoms with E-state index in [0.29, 0.717) is 5.39 Å². The van der Waals surface area contributed by atoms with E-state index in [1.807, 2.05) is 0 Å². The van der Waals surface area contributed by atoms with Gasteiger partial charge in [0.25, 0.3) is 0 Å². The Balaban J connectivity index is 1.54. The first-order valence-electron chi connectivity index (χ1n) is 8.98. The largest absolute Gasteiger partial charge is 0.509 e. The first-order valence-corrected chi connectivity index (χ1v) is 8.98. The average molecular weight is 419 g/mol. The van der Waals surface area contributed by atoms with E-state index in [2.05, 4.69) is 5.32 Å². The maximum absolute atomic E-state index is 12.0. The highest BCUT2D eigenvalue weighted by molar-refractivity contribution is 5.91. The van der Waals surface area contributed by atoms with Crippen LogP contribution in [0.1, 0.15) is 13.8 Å². The standard InChI is InChI=1S/C19H17NO10/c1-8(21)20-12-5-10-3-4-11(6-13(10)27-17(12)23)26-18-16-15(29-19(24)30-16)14(28-18)7-25-9(2)22/h3-6,14-16,18H,7H2,1-2H3,(H,20,21)/t14-,15+,16?,18-/m1/s1. The molecule has 158 valence electrons. The molecule has 11 heteroatoms. The topological polar surface area (TPSA) is 140 Å². The summed E-state index contributed by atoms with van der Waals surface area (Å²) in [6.07, 6.45) is -4.30. The number of hydrogen-bond acceptors (Lipinski definition) is 10. The van der Waals surface area contributed by atoms with Gasteiger partial charge in [-0.1, -0.05) is 0 Å². The summed E-state index contributed by atoms with van der Waals surface area (Å²) in [5.41, 5.74) is -0.474. The lowest BCUT2D eigenvalue weighted by Crippen LogP contribution is -2.33. The summed E-state index contributed by atoms with van der Waals surface area (Å²) < 4.78 is 31.8. The van der Waals surface area contributed by atoms with Gasteiger partial charge in [-0.3, -0.25) is 9.59 Å². The van der Waals surface area contributed by atoms with Gasteiger partial charge in [-0.25, -0.2) is 9.59 Å². The third-order valence-corrected chi connectivity index (χ3v) is 4.45. The molecule has 2 aliphatic heterocycles. The molecule has 1 aromatic carbocycles. The van der Waals surface area contributed by atoms with Crippen LogP contribution in [0, 0.1) is 0 Å². The number of ether oxygens (including phenoxy) is 5. The molecular formula is C19H17NO10. The van der Waals surface area contributed by atoms with Gasteiger partial charge in [-0.2, -0.15) is 0 Å². The summed E-state index contributed by atoms with van der Waals surface area (Å²) in [7, 11) is 0. The van der Waals surface area contributed by atoms with Crippen LogP contribution in [0.4, 0.5) is 10.5 Å². The van der Waals surface area contributed by atoms with E-state index in [-0.39, 0.29) is 23.6 Å². The van der Waals surface area contributed by atoms with Crippen molar-refractivity contribution >= 4 is 34.7 Å². The molecule has 30 heavy (non-hydrogen) atoms. The van der Waals surface area contributed by atoms with Crippen molar-refractivity contribution in [3.8, 4) is 5.75 Å². The van der Waals surface area contributed by atoms with Crippen LogP contribution in [-0.2, 0) is 28.5 Å². The number of amides is 1. The minimum Gasteiger partial charge on any atom is -0.463 e. The lowest BCUT2D eigenvalue weighted by atomic mass is 10.1. The molecule has 2 aromatic rings. The first kappa shape index (κ1) is 19.7. The molecule has 3 heterocycles. The van der Waals surface area contributed by atoms with Crippen molar-refractivity contribution in [1.82, 2.24) is 0 Å². The fourth-order valence-corrected chi connectivity index (χ4v) is 3.21. The fourth-order valence-electron chi connectivity index (χ4n) is 3.21. The molecule has 0 spiro atoms. The van der Waals surface area contributed by atoms with Crippen molar-refractivity contribution < 1.29 is 42.5 Å². The Kier molecular flexibility index (Phi) is 5.04. The van der Waals surface area contributed by atoms with E-state index >= 15 is 0 Å². The second-order valence-corrected chi connectivity index (χ2v) is 6.71. The normalized spacial score (nSPS) is 24.7. The SMILES string of the molecule is CC(=O)Nc1cc2ccc(O[C@@H]3O[C@H](COC(C)=O)[C@@H]4OC(=O)OC34)cc2oc1=O.